The van der Waals surface area contributed by atoms with Crippen LogP contribution in [0.3, 0.4) is 0 Å². The van der Waals surface area contributed by atoms with E-state index in [-0.39, 0.29) is 23.8 Å². The van der Waals surface area contributed by atoms with Crippen molar-refractivity contribution in [2.75, 3.05) is 13.2 Å². The van der Waals surface area contributed by atoms with Crippen LogP contribution in [-0.2, 0) is 28.7 Å². The number of carbonyl (C=O) groups is 4. The molecule has 0 aromatic carbocycles. The van der Waals surface area contributed by atoms with Gasteiger partial charge in [0.25, 0.3) is 0 Å². The van der Waals surface area contributed by atoms with Crippen LogP contribution in [0.1, 0.15) is 70.6 Å². The van der Waals surface area contributed by atoms with Gasteiger partial charge in [0.15, 0.2) is 0 Å². The molecule has 2 aliphatic rings. The standard InChI is InChI=1S/C21H32O6/c22-9-5-1-3-7-11-26-20(24)18-14-16-13-17(16)15-19(18)21(25)27-12-8-4-2-6-10-23/h9-10,16-19H,1-8,11-15H2. The van der Waals surface area contributed by atoms with E-state index in [0.29, 0.717) is 37.9 Å². The average molecular weight is 380 g/mol. The number of esters is 2. The Bertz CT molecular complexity index is 459. The highest BCUT2D eigenvalue weighted by Crippen LogP contribution is 2.54. The molecular weight excluding hydrogens is 348 g/mol. The number of rotatable bonds is 14. The maximum absolute atomic E-state index is 12.5. The van der Waals surface area contributed by atoms with Gasteiger partial charge >= 0.3 is 11.9 Å². The third-order valence-electron chi connectivity index (χ3n) is 5.69. The van der Waals surface area contributed by atoms with E-state index < -0.39 is 0 Å². The lowest BCUT2D eigenvalue weighted by molar-refractivity contribution is -0.163. The second-order valence-electron chi connectivity index (χ2n) is 7.81. The SMILES string of the molecule is O=CCCCCCOC(=O)C1CC2CC2CC1C(=O)OCCCCCC=O. The van der Waals surface area contributed by atoms with E-state index in [1.807, 2.05) is 0 Å². The van der Waals surface area contributed by atoms with Crippen LogP contribution in [0.25, 0.3) is 0 Å². The Morgan fingerprint density at radius 2 is 1.11 bits per heavy atom. The van der Waals surface area contributed by atoms with Crippen LogP contribution in [0.5, 0.6) is 0 Å². The minimum absolute atomic E-state index is 0.274. The zero-order chi connectivity index (χ0) is 19.5. The topological polar surface area (TPSA) is 86.7 Å². The Kier molecular flexibility index (Phi) is 9.50. The largest absolute Gasteiger partial charge is 0.465 e. The quantitative estimate of drug-likeness (QED) is 0.261. The van der Waals surface area contributed by atoms with E-state index in [2.05, 4.69) is 0 Å². The van der Waals surface area contributed by atoms with E-state index in [1.54, 1.807) is 0 Å². The minimum Gasteiger partial charge on any atom is -0.465 e. The van der Waals surface area contributed by atoms with Gasteiger partial charge in [-0.25, -0.2) is 0 Å². The van der Waals surface area contributed by atoms with E-state index in [0.717, 1.165) is 70.4 Å². The summed E-state index contributed by atoms with van der Waals surface area (Å²) in [5.41, 5.74) is 0. The van der Waals surface area contributed by atoms with Crippen molar-refractivity contribution < 1.29 is 28.7 Å². The summed E-state index contributed by atoms with van der Waals surface area (Å²) in [4.78, 5) is 45.6. The Morgan fingerprint density at radius 3 is 1.52 bits per heavy atom. The summed E-state index contributed by atoms with van der Waals surface area (Å²) in [7, 11) is 0. The van der Waals surface area contributed by atoms with Crippen LogP contribution in [0.4, 0.5) is 0 Å². The van der Waals surface area contributed by atoms with E-state index in [4.69, 9.17) is 9.47 Å². The molecule has 0 aromatic rings. The predicted octanol–water partition coefficient (Wildman–Crippen LogP) is 3.25. The molecule has 2 rings (SSSR count). The third kappa shape index (κ3) is 7.43. The van der Waals surface area contributed by atoms with Gasteiger partial charge in [-0.15, -0.1) is 0 Å². The molecular formula is C21H32O6. The van der Waals surface area contributed by atoms with Gasteiger partial charge in [-0.1, -0.05) is 0 Å². The maximum atomic E-state index is 12.5. The molecule has 6 heteroatoms. The van der Waals surface area contributed by atoms with Crippen molar-refractivity contribution >= 4 is 24.5 Å². The van der Waals surface area contributed by atoms with Crippen molar-refractivity contribution in [1.82, 2.24) is 0 Å². The summed E-state index contributed by atoms with van der Waals surface area (Å²) in [6.07, 6.45) is 10.3. The minimum atomic E-state index is -0.383. The lowest BCUT2D eigenvalue weighted by Crippen LogP contribution is -2.36. The number of unbranched alkanes of at least 4 members (excludes halogenated alkanes) is 6. The molecule has 0 N–H and O–H groups in total. The monoisotopic (exact) mass is 380 g/mol. The first-order valence-corrected chi connectivity index (χ1v) is 10.4. The highest BCUT2D eigenvalue weighted by atomic mass is 16.5. The van der Waals surface area contributed by atoms with Crippen LogP contribution in [0, 0.1) is 23.7 Å². The molecule has 0 bridgehead atoms. The van der Waals surface area contributed by atoms with Crippen molar-refractivity contribution in [2.24, 2.45) is 23.7 Å². The Hall–Kier alpha value is -1.72. The van der Waals surface area contributed by atoms with Crippen molar-refractivity contribution in [2.45, 2.75) is 70.6 Å². The van der Waals surface area contributed by atoms with Crippen LogP contribution in [0.2, 0.25) is 0 Å². The van der Waals surface area contributed by atoms with Gasteiger partial charge < -0.3 is 19.1 Å². The zero-order valence-electron chi connectivity index (χ0n) is 16.1. The zero-order valence-corrected chi connectivity index (χ0v) is 16.1. The molecule has 0 aromatic heterocycles. The third-order valence-corrected chi connectivity index (χ3v) is 5.69. The Morgan fingerprint density at radius 1 is 0.667 bits per heavy atom. The molecule has 0 spiro atoms. The fraction of sp³-hybridized carbons (Fsp3) is 0.810. The molecule has 27 heavy (non-hydrogen) atoms. The van der Waals surface area contributed by atoms with Gasteiger partial charge in [0, 0.05) is 12.8 Å². The number of aldehydes is 2. The summed E-state index contributed by atoms with van der Waals surface area (Å²) in [5.74, 6) is -0.199. The molecule has 0 amide bonds. The van der Waals surface area contributed by atoms with Gasteiger partial charge in [-0.3, -0.25) is 9.59 Å². The number of ether oxygens (including phenoxy) is 2. The molecule has 4 atom stereocenters. The summed E-state index contributed by atoms with van der Waals surface area (Å²) in [6.45, 7) is 0.696. The first-order chi connectivity index (χ1) is 13.2. The summed E-state index contributed by atoms with van der Waals surface area (Å²) in [5, 5.41) is 0. The van der Waals surface area contributed by atoms with Gasteiger partial charge in [0.05, 0.1) is 25.0 Å². The van der Waals surface area contributed by atoms with Crippen LogP contribution in [0.15, 0.2) is 0 Å². The summed E-state index contributed by atoms with van der Waals surface area (Å²) >= 11 is 0. The average Bonchev–Trinajstić information content (AvgIpc) is 3.44. The maximum Gasteiger partial charge on any atom is 0.309 e. The predicted molar refractivity (Wildman–Crippen MR) is 98.8 cm³/mol. The first-order valence-electron chi connectivity index (χ1n) is 10.4. The fourth-order valence-electron chi connectivity index (χ4n) is 3.96. The lowest BCUT2D eigenvalue weighted by Gasteiger charge is -2.28. The molecule has 2 fully saturated rings. The molecule has 0 radical (unpaired) electrons. The molecule has 2 aliphatic carbocycles. The molecule has 0 heterocycles. The van der Waals surface area contributed by atoms with Gasteiger partial charge in [0.1, 0.15) is 12.6 Å². The highest BCUT2D eigenvalue weighted by molar-refractivity contribution is 5.82. The van der Waals surface area contributed by atoms with Crippen molar-refractivity contribution in [3.8, 4) is 0 Å². The summed E-state index contributed by atoms with van der Waals surface area (Å²) in [6, 6.07) is 0. The second kappa shape index (κ2) is 11.9. The highest BCUT2D eigenvalue weighted by Gasteiger charge is 2.51. The van der Waals surface area contributed by atoms with E-state index >= 15 is 0 Å². The normalized spacial score (nSPS) is 25.9. The number of carbonyl (C=O) groups excluding carboxylic acids is 4. The van der Waals surface area contributed by atoms with Crippen molar-refractivity contribution in [3.63, 3.8) is 0 Å². The Labute approximate surface area is 161 Å². The van der Waals surface area contributed by atoms with E-state index in [9.17, 15) is 19.2 Å². The van der Waals surface area contributed by atoms with Crippen LogP contribution < -0.4 is 0 Å². The number of hydrogen-bond acceptors (Lipinski definition) is 6. The van der Waals surface area contributed by atoms with Crippen LogP contribution in [-0.4, -0.2) is 37.7 Å². The van der Waals surface area contributed by atoms with Crippen molar-refractivity contribution in [1.29, 1.82) is 0 Å². The molecule has 2 saturated carbocycles. The Balaban J connectivity index is 1.71. The first kappa shape index (κ1) is 21.6. The van der Waals surface area contributed by atoms with Gasteiger partial charge in [-0.2, -0.15) is 0 Å². The molecule has 0 saturated heterocycles. The van der Waals surface area contributed by atoms with Gasteiger partial charge in [-0.05, 0) is 69.6 Å². The lowest BCUT2D eigenvalue weighted by atomic mass is 9.79. The molecule has 4 unspecified atom stereocenters. The number of fused-ring (bicyclic) bond motifs is 1. The van der Waals surface area contributed by atoms with E-state index in [1.165, 1.54) is 0 Å². The second-order valence-corrected chi connectivity index (χ2v) is 7.81. The van der Waals surface area contributed by atoms with Gasteiger partial charge in [0.2, 0.25) is 0 Å². The molecule has 6 nitrogen and oxygen atoms in total. The fourth-order valence-corrected chi connectivity index (χ4v) is 3.96. The molecule has 152 valence electrons. The summed E-state index contributed by atoms with van der Waals surface area (Å²) < 4.78 is 10.8. The van der Waals surface area contributed by atoms with Crippen LogP contribution >= 0.6 is 0 Å². The van der Waals surface area contributed by atoms with Crippen molar-refractivity contribution in [3.05, 3.63) is 0 Å². The molecule has 0 aliphatic heterocycles. The smallest absolute Gasteiger partial charge is 0.309 e. The number of hydrogen-bond donors (Lipinski definition) is 0.